The highest BCUT2D eigenvalue weighted by atomic mass is 32.1. The highest BCUT2D eigenvalue weighted by Gasteiger charge is 2.33. The van der Waals surface area contributed by atoms with Crippen molar-refractivity contribution in [2.45, 2.75) is 12.6 Å². The summed E-state index contributed by atoms with van der Waals surface area (Å²) in [6, 6.07) is 6.11. The normalized spacial score (nSPS) is 11.3. The zero-order valence-electron chi connectivity index (χ0n) is 15.2. The number of aromatic nitrogens is 1. The van der Waals surface area contributed by atoms with Gasteiger partial charge in [-0.15, -0.1) is 22.7 Å². The third-order valence-corrected chi connectivity index (χ3v) is 5.84. The maximum atomic E-state index is 12.7. The van der Waals surface area contributed by atoms with Gasteiger partial charge < -0.3 is 10.6 Å². The predicted molar refractivity (Wildman–Crippen MR) is 109 cm³/mol. The molecule has 0 unspecified atom stereocenters. The van der Waals surface area contributed by atoms with Crippen LogP contribution in [0.3, 0.4) is 0 Å². The first kappa shape index (κ1) is 21.7. The molecule has 30 heavy (non-hydrogen) atoms. The van der Waals surface area contributed by atoms with E-state index in [0.717, 1.165) is 22.0 Å². The van der Waals surface area contributed by atoms with E-state index < -0.39 is 22.4 Å². The Hall–Kier alpha value is -2.99. The lowest BCUT2D eigenvalue weighted by molar-refractivity contribution is -0.384. The van der Waals surface area contributed by atoms with Crippen molar-refractivity contribution in [2.75, 3.05) is 18.4 Å². The third kappa shape index (κ3) is 5.54. The second kappa shape index (κ2) is 9.22. The van der Waals surface area contributed by atoms with Crippen molar-refractivity contribution >= 4 is 40.0 Å². The number of nitro benzene ring substituents is 1. The molecular formula is C18H15F3N4O3S2. The van der Waals surface area contributed by atoms with Gasteiger partial charge in [0.1, 0.15) is 10.7 Å². The van der Waals surface area contributed by atoms with Crippen LogP contribution in [-0.4, -0.2) is 28.9 Å². The maximum Gasteiger partial charge on any atom is 0.416 e. The van der Waals surface area contributed by atoms with Gasteiger partial charge in [-0.25, -0.2) is 4.98 Å². The van der Waals surface area contributed by atoms with Gasteiger partial charge in [0.25, 0.3) is 5.69 Å². The number of rotatable bonds is 8. The number of hydrogen-bond acceptors (Lipinski definition) is 7. The van der Waals surface area contributed by atoms with Crippen LogP contribution in [0.1, 0.15) is 11.3 Å². The number of anilines is 1. The molecule has 1 aromatic carbocycles. The molecule has 0 saturated carbocycles. The summed E-state index contributed by atoms with van der Waals surface area (Å²) < 4.78 is 38.2. The Morgan fingerprint density at radius 3 is 2.67 bits per heavy atom. The van der Waals surface area contributed by atoms with E-state index in [-0.39, 0.29) is 31.1 Å². The molecule has 0 aliphatic heterocycles. The van der Waals surface area contributed by atoms with Crippen LogP contribution in [0, 0.1) is 10.1 Å². The molecule has 7 nitrogen and oxygen atoms in total. The number of hydrogen-bond donors (Lipinski definition) is 2. The monoisotopic (exact) mass is 456 g/mol. The van der Waals surface area contributed by atoms with Crippen LogP contribution in [0.25, 0.3) is 9.88 Å². The SMILES string of the molecule is O=C(Cc1csc(-c2cccs2)n1)NCCNc1ccc(C(F)(F)F)cc1[N+](=O)[O-]. The van der Waals surface area contributed by atoms with Crippen LogP contribution in [0.15, 0.2) is 41.1 Å². The summed E-state index contributed by atoms with van der Waals surface area (Å²) in [4.78, 5) is 27.7. The van der Waals surface area contributed by atoms with Gasteiger partial charge in [-0.3, -0.25) is 14.9 Å². The number of carbonyl (C=O) groups is 1. The van der Waals surface area contributed by atoms with Crippen molar-refractivity contribution < 1.29 is 22.9 Å². The zero-order chi connectivity index (χ0) is 21.7. The highest BCUT2D eigenvalue weighted by molar-refractivity contribution is 7.20. The standard InChI is InChI=1S/C18H15F3N4O3S2/c19-18(20,21)11-3-4-13(14(8-11)25(27)28)22-5-6-23-16(26)9-12-10-30-17(24-12)15-2-1-7-29-15/h1-4,7-8,10,22H,5-6,9H2,(H,23,26). The number of carbonyl (C=O) groups excluding carboxylic acids is 1. The molecule has 2 aromatic heterocycles. The highest BCUT2D eigenvalue weighted by Crippen LogP contribution is 2.34. The molecule has 3 aromatic rings. The number of thiazole rings is 1. The Kier molecular flexibility index (Phi) is 6.67. The summed E-state index contributed by atoms with van der Waals surface area (Å²) in [6.07, 6.45) is -4.58. The molecule has 1 amide bonds. The lowest BCUT2D eigenvalue weighted by Crippen LogP contribution is -2.30. The van der Waals surface area contributed by atoms with E-state index in [0.29, 0.717) is 11.8 Å². The summed E-state index contributed by atoms with van der Waals surface area (Å²) in [5.41, 5.74) is -1.20. The van der Waals surface area contributed by atoms with Gasteiger partial charge in [-0.2, -0.15) is 13.2 Å². The van der Waals surface area contributed by atoms with Crippen molar-refractivity contribution in [3.63, 3.8) is 0 Å². The lowest BCUT2D eigenvalue weighted by Gasteiger charge is -2.11. The Balaban J connectivity index is 1.50. The summed E-state index contributed by atoms with van der Waals surface area (Å²) >= 11 is 3.00. The van der Waals surface area contributed by atoms with Gasteiger partial charge in [0.15, 0.2) is 0 Å². The van der Waals surface area contributed by atoms with E-state index >= 15 is 0 Å². The fourth-order valence-corrected chi connectivity index (χ4v) is 4.17. The molecule has 0 radical (unpaired) electrons. The Morgan fingerprint density at radius 2 is 2.00 bits per heavy atom. The smallest absolute Gasteiger partial charge is 0.378 e. The van der Waals surface area contributed by atoms with Gasteiger partial charge >= 0.3 is 6.18 Å². The minimum Gasteiger partial charge on any atom is -0.378 e. The Bertz CT molecular complexity index is 1040. The molecule has 12 heteroatoms. The largest absolute Gasteiger partial charge is 0.416 e. The number of halogens is 3. The molecule has 3 rings (SSSR count). The minimum absolute atomic E-state index is 0.0534. The van der Waals surface area contributed by atoms with Crippen LogP contribution < -0.4 is 10.6 Å². The molecule has 0 spiro atoms. The molecule has 2 N–H and O–H groups in total. The first-order valence-corrected chi connectivity index (χ1v) is 10.3. The van der Waals surface area contributed by atoms with Crippen LogP contribution >= 0.6 is 22.7 Å². The number of nitro groups is 1. The van der Waals surface area contributed by atoms with Crippen molar-refractivity contribution in [2.24, 2.45) is 0 Å². The van der Waals surface area contributed by atoms with E-state index in [2.05, 4.69) is 15.6 Å². The predicted octanol–water partition coefficient (Wildman–Crippen LogP) is 4.57. The van der Waals surface area contributed by atoms with Crippen LogP contribution in [0.5, 0.6) is 0 Å². The molecule has 0 aliphatic carbocycles. The lowest BCUT2D eigenvalue weighted by atomic mass is 10.1. The van der Waals surface area contributed by atoms with Crippen molar-refractivity contribution in [3.05, 3.63) is 62.5 Å². The zero-order valence-corrected chi connectivity index (χ0v) is 16.9. The molecule has 0 aliphatic rings. The van der Waals surface area contributed by atoms with E-state index in [1.807, 2.05) is 17.5 Å². The second-order valence-electron chi connectivity index (χ2n) is 6.06. The molecule has 0 fully saturated rings. The summed E-state index contributed by atoms with van der Waals surface area (Å²) in [6.45, 7) is 0.244. The molecular weight excluding hydrogens is 441 g/mol. The minimum atomic E-state index is -4.67. The second-order valence-corrected chi connectivity index (χ2v) is 7.87. The number of amides is 1. The first-order chi connectivity index (χ1) is 14.2. The summed E-state index contributed by atoms with van der Waals surface area (Å²) in [5.74, 6) is -0.276. The van der Waals surface area contributed by atoms with Crippen LogP contribution in [-0.2, 0) is 17.4 Å². The summed E-state index contributed by atoms with van der Waals surface area (Å²) in [7, 11) is 0. The van der Waals surface area contributed by atoms with Gasteiger partial charge in [-0.1, -0.05) is 6.07 Å². The molecule has 2 heterocycles. The van der Waals surface area contributed by atoms with Crippen molar-refractivity contribution in [3.8, 4) is 9.88 Å². The van der Waals surface area contributed by atoms with E-state index in [1.165, 1.54) is 11.3 Å². The fourth-order valence-electron chi connectivity index (χ4n) is 2.54. The van der Waals surface area contributed by atoms with Gasteiger partial charge in [-0.05, 0) is 23.6 Å². The maximum absolute atomic E-state index is 12.7. The average molecular weight is 456 g/mol. The summed E-state index contributed by atoms with van der Waals surface area (Å²) in [5, 5.41) is 21.0. The van der Waals surface area contributed by atoms with Crippen LogP contribution in [0.2, 0.25) is 0 Å². The van der Waals surface area contributed by atoms with E-state index in [4.69, 9.17) is 0 Å². The Labute approximate surface area is 176 Å². The van der Waals surface area contributed by atoms with Crippen molar-refractivity contribution in [1.82, 2.24) is 10.3 Å². The number of nitrogens with one attached hydrogen (secondary N) is 2. The third-order valence-electron chi connectivity index (χ3n) is 3.91. The number of alkyl halides is 3. The topological polar surface area (TPSA) is 97.2 Å². The van der Waals surface area contributed by atoms with Gasteiger partial charge in [0.2, 0.25) is 5.91 Å². The number of nitrogens with zero attached hydrogens (tertiary/aromatic N) is 2. The molecule has 0 atom stereocenters. The van der Waals surface area contributed by atoms with E-state index in [9.17, 15) is 28.1 Å². The van der Waals surface area contributed by atoms with Crippen LogP contribution in [0.4, 0.5) is 24.5 Å². The van der Waals surface area contributed by atoms with Crippen molar-refractivity contribution in [1.29, 1.82) is 0 Å². The average Bonchev–Trinajstić information content (AvgIpc) is 3.36. The Morgan fingerprint density at radius 1 is 1.20 bits per heavy atom. The quantitative estimate of drug-likeness (QED) is 0.294. The number of thiophene rings is 1. The molecule has 0 bridgehead atoms. The van der Waals surface area contributed by atoms with Gasteiger partial charge in [0.05, 0.1) is 27.5 Å². The van der Waals surface area contributed by atoms with E-state index in [1.54, 1.807) is 16.7 Å². The van der Waals surface area contributed by atoms with Gasteiger partial charge in [0, 0.05) is 24.5 Å². The first-order valence-electron chi connectivity index (χ1n) is 8.58. The fraction of sp³-hybridized carbons (Fsp3) is 0.222. The molecule has 0 saturated heterocycles. The molecule has 158 valence electrons. The number of benzene rings is 1.